The van der Waals surface area contributed by atoms with Crippen molar-refractivity contribution < 1.29 is 13.6 Å². The number of aromatic nitrogens is 2. The number of carbonyl (C=O) groups is 1. The number of likely N-dealkylation sites (tertiary alicyclic amines) is 1. The number of nitrogens with zero attached hydrogens (tertiary/aromatic N) is 5. The number of nitriles is 1. The smallest absolute Gasteiger partial charge is 0.241 e. The number of anilines is 2. The Morgan fingerprint density at radius 3 is 2.64 bits per heavy atom. The number of likely N-dealkylation sites (N-methyl/N-ethyl adjacent to an activating group) is 1. The fraction of sp³-hybridized carbons (Fsp3) is 0.333. The van der Waals surface area contributed by atoms with Crippen LogP contribution in [0.25, 0.3) is 0 Å². The molecule has 1 spiro atoms. The molecule has 1 fully saturated rings. The van der Waals surface area contributed by atoms with Crippen molar-refractivity contribution in [1.29, 1.82) is 5.26 Å². The second kappa shape index (κ2) is 8.95. The molecule has 2 aliphatic rings. The van der Waals surface area contributed by atoms with Crippen LogP contribution in [0.4, 0.5) is 20.3 Å². The SMILES string of the molecule is Cc1nc(N[C@@H](C)c2cccc(C#N)c2F)c2c(n1)[C@@]1(CCN(C)C1)C(=O)N(c1ccccc1F)C2. The van der Waals surface area contributed by atoms with Gasteiger partial charge >= 0.3 is 0 Å². The average Bonchev–Trinajstić information content (AvgIpc) is 3.25. The van der Waals surface area contributed by atoms with Gasteiger partial charge in [-0.05, 0) is 52.1 Å². The van der Waals surface area contributed by atoms with Crippen molar-refractivity contribution in [3.63, 3.8) is 0 Å². The zero-order valence-electron chi connectivity index (χ0n) is 20.3. The summed E-state index contributed by atoms with van der Waals surface area (Å²) in [5.74, 6) is -0.307. The van der Waals surface area contributed by atoms with Crippen LogP contribution in [-0.4, -0.2) is 40.9 Å². The summed E-state index contributed by atoms with van der Waals surface area (Å²) in [4.78, 5) is 26.9. The molecule has 1 aromatic heterocycles. The third kappa shape index (κ3) is 3.78. The second-order valence-electron chi connectivity index (χ2n) is 9.55. The Bertz CT molecular complexity index is 1400. The van der Waals surface area contributed by atoms with E-state index < -0.39 is 23.1 Å². The van der Waals surface area contributed by atoms with E-state index in [0.717, 1.165) is 0 Å². The molecule has 2 aliphatic heterocycles. The number of para-hydroxylation sites is 1. The van der Waals surface area contributed by atoms with Crippen LogP contribution in [0.15, 0.2) is 42.5 Å². The van der Waals surface area contributed by atoms with Crippen molar-refractivity contribution in [2.75, 3.05) is 30.4 Å². The molecule has 36 heavy (non-hydrogen) atoms. The molecule has 0 saturated carbocycles. The summed E-state index contributed by atoms with van der Waals surface area (Å²) in [6.45, 7) is 4.77. The minimum atomic E-state index is -0.941. The fourth-order valence-electron chi connectivity index (χ4n) is 5.34. The lowest BCUT2D eigenvalue weighted by Gasteiger charge is -2.41. The van der Waals surface area contributed by atoms with Gasteiger partial charge in [0.25, 0.3) is 0 Å². The molecule has 3 heterocycles. The molecule has 2 atom stereocenters. The highest BCUT2D eigenvalue weighted by molar-refractivity contribution is 6.03. The van der Waals surface area contributed by atoms with E-state index >= 15 is 0 Å². The van der Waals surface area contributed by atoms with Gasteiger partial charge < -0.3 is 15.1 Å². The van der Waals surface area contributed by atoms with Crippen LogP contribution in [0, 0.1) is 29.9 Å². The van der Waals surface area contributed by atoms with Crippen LogP contribution in [0.2, 0.25) is 0 Å². The van der Waals surface area contributed by atoms with Gasteiger partial charge in [-0.25, -0.2) is 18.7 Å². The molecule has 0 aliphatic carbocycles. The summed E-state index contributed by atoms with van der Waals surface area (Å²) >= 11 is 0. The molecule has 184 valence electrons. The predicted octanol–water partition coefficient (Wildman–Crippen LogP) is 4.23. The first-order valence-corrected chi connectivity index (χ1v) is 11.8. The maximum absolute atomic E-state index is 14.9. The van der Waals surface area contributed by atoms with Gasteiger partial charge in [-0.1, -0.05) is 24.3 Å². The summed E-state index contributed by atoms with van der Waals surface area (Å²) in [6.07, 6.45) is 0.546. The van der Waals surface area contributed by atoms with Gasteiger partial charge in [0.1, 0.15) is 34.8 Å². The van der Waals surface area contributed by atoms with E-state index in [-0.39, 0.29) is 23.7 Å². The van der Waals surface area contributed by atoms with E-state index in [2.05, 4.69) is 15.2 Å². The van der Waals surface area contributed by atoms with Crippen molar-refractivity contribution >= 4 is 17.4 Å². The van der Waals surface area contributed by atoms with Gasteiger partial charge in [0.15, 0.2) is 0 Å². The highest BCUT2D eigenvalue weighted by Crippen LogP contribution is 2.44. The summed E-state index contributed by atoms with van der Waals surface area (Å²) in [5, 5.41) is 12.5. The average molecular weight is 489 g/mol. The summed E-state index contributed by atoms with van der Waals surface area (Å²) in [7, 11) is 1.95. The Labute approximate surface area is 208 Å². The highest BCUT2D eigenvalue weighted by Gasteiger charge is 2.53. The van der Waals surface area contributed by atoms with Crippen molar-refractivity contribution in [1.82, 2.24) is 14.9 Å². The molecule has 2 aromatic carbocycles. The van der Waals surface area contributed by atoms with E-state index in [4.69, 9.17) is 4.98 Å². The van der Waals surface area contributed by atoms with Crippen LogP contribution in [0.5, 0.6) is 0 Å². The monoisotopic (exact) mass is 488 g/mol. The molecule has 3 aromatic rings. The molecule has 1 saturated heterocycles. The van der Waals surface area contributed by atoms with E-state index in [9.17, 15) is 18.8 Å². The van der Waals surface area contributed by atoms with E-state index in [1.54, 1.807) is 44.2 Å². The third-order valence-corrected chi connectivity index (χ3v) is 7.12. The molecule has 0 radical (unpaired) electrons. The van der Waals surface area contributed by atoms with Crippen molar-refractivity contribution in [3.8, 4) is 6.07 Å². The Hall–Kier alpha value is -3.90. The maximum Gasteiger partial charge on any atom is 0.241 e. The zero-order chi connectivity index (χ0) is 25.6. The molecule has 0 bridgehead atoms. The molecule has 1 amide bonds. The van der Waals surface area contributed by atoms with Crippen LogP contribution in [-0.2, 0) is 16.8 Å². The second-order valence-corrected chi connectivity index (χ2v) is 9.55. The maximum atomic E-state index is 14.9. The lowest BCUT2D eigenvalue weighted by Crippen LogP contribution is -2.53. The molecule has 0 unspecified atom stereocenters. The molecular weight excluding hydrogens is 462 g/mol. The Morgan fingerprint density at radius 2 is 1.94 bits per heavy atom. The third-order valence-electron chi connectivity index (χ3n) is 7.12. The Morgan fingerprint density at radius 1 is 1.17 bits per heavy atom. The fourth-order valence-corrected chi connectivity index (χ4v) is 5.34. The van der Waals surface area contributed by atoms with Crippen LogP contribution < -0.4 is 10.2 Å². The van der Waals surface area contributed by atoms with Crippen LogP contribution >= 0.6 is 0 Å². The van der Waals surface area contributed by atoms with Gasteiger partial charge in [0, 0.05) is 17.7 Å². The number of aryl methyl sites for hydroxylation is 1. The lowest BCUT2D eigenvalue weighted by molar-refractivity contribution is -0.124. The molecular formula is C27H26F2N6O. The number of benzene rings is 2. The van der Waals surface area contributed by atoms with Crippen molar-refractivity contribution in [3.05, 3.63) is 82.3 Å². The van der Waals surface area contributed by atoms with E-state index in [1.165, 1.54) is 17.0 Å². The summed E-state index contributed by atoms with van der Waals surface area (Å²) in [6, 6.07) is 12.3. The van der Waals surface area contributed by atoms with Crippen LogP contribution in [0.1, 0.15) is 47.6 Å². The van der Waals surface area contributed by atoms with Gasteiger partial charge in [-0.15, -0.1) is 0 Å². The Kier molecular flexibility index (Phi) is 5.92. The molecule has 9 heteroatoms. The predicted molar refractivity (Wildman–Crippen MR) is 131 cm³/mol. The van der Waals surface area contributed by atoms with Crippen molar-refractivity contribution in [2.45, 2.75) is 38.3 Å². The molecule has 7 nitrogen and oxygen atoms in total. The first kappa shape index (κ1) is 23.8. The summed E-state index contributed by atoms with van der Waals surface area (Å²) < 4.78 is 29.8. The van der Waals surface area contributed by atoms with Gasteiger partial charge in [0.2, 0.25) is 5.91 Å². The van der Waals surface area contributed by atoms with E-state index in [0.29, 0.717) is 48.0 Å². The molecule has 1 N–H and O–H groups in total. The number of hydrogen-bond donors (Lipinski definition) is 1. The first-order valence-electron chi connectivity index (χ1n) is 11.8. The zero-order valence-corrected chi connectivity index (χ0v) is 20.3. The number of nitrogens with one attached hydrogen (secondary N) is 1. The van der Waals surface area contributed by atoms with Crippen molar-refractivity contribution in [2.24, 2.45) is 0 Å². The van der Waals surface area contributed by atoms with Gasteiger partial charge in [0.05, 0.1) is 29.5 Å². The standard InChI is InChI=1S/C27H26F2N6O/c1-16(19-8-6-7-18(13-30)23(19)29)31-25-20-14-35(22-10-5-4-9-21(22)28)26(36)27(11-12-34(3)15-27)24(20)32-17(2)33-25/h4-10,16H,11-12,14-15H2,1-3H3,(H,31,32,33)/t16-,27-/m0/s1. The minimum absolute atomic E-state index is 0.0358. The van der Waals surface area contributed by atoms with E-state index in [1.807, 2.05) is 13.1 Å². The number of fused-ring (bicyclic) bond motifs is 2. The number of hydrogen-bond acceptors (Lipinski definition) is 6. The Balaban J connectivity index is 1.64. The normalized spacial score (nSPS) is 20.3. The van der Waals surface area contributed by atoms with Crippen LogP contribution in [0.3, 0.4) is 0 Å². The quantitative estimate of drug-likeness (QED) is 0.592. The molecule has 5 rings (SSSR count). The minimum Gasteiger partial charge on any atom is -0.363 e. The number of halogens is 2. The first-order chi connectivity index (χ1) is 17.2. The van der Waals surface area contributed by atoms with Gasteiger partial charge in [-0.3, -0.25) is 4.79 Å². The highest BCUT2D eigenvalue weighted by atomic mass is 19.1. The number of rotatable bonds is 4. The summed E-state index contributed by atoms with van der Waals surface area (Å²) in [5.41, 5.74) is 0.873. The number of amides is 1. The largest absolute Gasteiger partial charge is 0.363 e. The van der Waals surface area contributed by atoms with Gasteiger partial charge in [-0.2, -0.15) is 5.26 Å². The topological polar surface area (TPSA) is 85.1 Å². The number of carbonyl (C=O) groups excluding carboxylic acids is 1. The lowest BCUT2D eigenvalue weighted by atomic mass is 9.76.